The zero-order valence-corrected chi connectivity index (χ0v) is 12.3. The average molecular weight is 281 g/mol. The Labute approximate surface area is 119 Å². The number of benzene rings is 1. The van der Waals surface area contributed by atoms with Gasteiger partial charge in [-0.3, -0.25) is 0 Å². The van der Waals surface area contributed by atoms with Crippen LogP contribution in [0.15, 0.2) is 18.2 Å². The maximum Gasteiger partial charge on any atom is 0.344 e. The Hall–Kier alpha value is -1.75. The largest absolute Gasteiger partial charge is 0.493 e. The Morgan fingerprint density at radius 3 is 2.65 bits per heavy atom. The van der Waals surface area contributed by atoms with Crippen LogP contribution in [0.2, 0.25) is 0 Å². The van der Waals surface area contributed by atoms with Crippen molar-refractivity contribution >= 4 is 5.97 Å². The van der Waals surface area contributed by atoms with E-state index in [1.807, 2.05) is 26.0 Å². The predicted molar refractivity (Wildman–Crippen MR) is 77.3 cm³/mol. The van der Waals surface area contributed by atoms with Crippen molar-refractivity contribution in [3.63, 3.8) is 0 Å². The first-order chi connectivity index (χ1) is 9.62. The molecule has 0 radical (unpaired) electrons. The highest BCUT2D eigenvalue weighted by atomic mass is 16.5. The van der Waals surface area contributed by atoms with Crippen molar-refractivity contribution in [3.8, 4) is 11.5 Å². The third-order valence-corrected chi connectivity index (χ3v) is 2.90. The fraction of sp³-hybridized carbons (Fsp3) is 0.533. The minimum Gasteiger partial charge on any atom is -0.493 e. The van der Waals surface area contributed by atoms with Gasteiger partial charge in [0, 0.05) is 6.54 Å². The standard InChI is InChI=1S/C15H23NO4/c1-4-6-13(15(17)18)20-12-8-7-11(10-16-5-2)9-14(12)19-3/h7-9,13,16H,4-6,10H2,1-3H3,(H,17,18). The molecule has 0 aromatic heterocycles. The topological polar surface area (TPSA) is 67.8 Å². The Morgan fingerprint density at radius 1 is 1.35 bits per heavy atom. The molecule has 0 aliphatic carbocycles. The summed E-state index contributed by atoms with van der Waals surface area (Å²) >= 11 is 0. The van der Waals surface area contributed by atoms with E-state index in [1.165, 1.54) is 0 Å². The molecule has 0 fully saturated rings. The monoisotopic (exact) mass is 281 g/mol. The summed E-state index contributed by atoms with van der Waals surface area (Å²) in [5, 5.41) is 12.3. The van der Waals surface area contributed by atoms with Gasteiger partial charge < -0.3 is 19.9 Å². The normalized spacial score (nSPS) is 11.9. The molecule has 0 saturated heterocycles. The molecular formula is C15H23NO4. The van der Waals surface area contributed by atoms with E-state index in [4.69, 9.17) is 14.6 Å². The van der Waals surface area contributed by atoms with Gasteiger partial charge in [0.2, 0.25) is 0 Å². The Bertz CT molecular complexity index is 434. The van der Waals surface area contributed by atoms with E-state index < -0.39 is 12.1 Å². The molecule has 0 spiro atoms. The average Bonchev–Trinajstić information content (AvgIpc) is 2.45. The highest BCUT2D eigenvalue weighted by Crippen LogP contribution is 2.29. The molecule has 1 rings (SSSR count). The van der Waals surface area contributed by atoms with E-state index in [-0.39, 0.29) is 0 Å². The van der Waals surface area contributed by atoms with E-state index in [9.17, 15) is 4.79 Å². The van der Waals surface area contributed by atoms with Crippen molar-refractivity contribution < 1.29 is 19.4 Å². The lowest BCUT2D eigenvalue weighted by Gasteiger charge is -2.17. The second-order valence-corrected chi connectivity index (χ2v) is 4.50. The highest BCUT2D eigenvalue weighted by Gasteiger charge is 2.20. The molecule has 20 heavy (non-hydrogen) atoms. The summed E-state index contributed by atoms with van der Waals surface area (Å²) in [4.78, 5) is 11.1. The molecule has 1 aromatic carbocycles. The number of hydrogen-bond donors (Lipinski definition) is 2. The molecule has 2 N–H and O–H groups in total. The summed E-state index contributed by atoms with van der Waals surface area (Å²) in [5.41, 5.74) is 1.07. The Morgan fingerprint density at radius 2 is 2.10 bits per heavy atom. The number of methoxy groups -OCH3 is 1. The van der Waals surface area contributed by atoms with E-state index >= 15 is 0 Å². The molecular weight excluding hydrogens is 258 g/mol. The zero-order chi connectivity index (χ0) is 15.0. The summed E-state index contributed by atoms with van der Waals surface area (Å²) in [6.07, 6.45) is 0.378. The molecule has 0 amide bonds. The number of carboxylic acid groups (broad SMARTS) is 1. The second-order valence-electron chi connectivity index (χ2n) is 4.50. The molecule has 0 saturated carbocycles. The lowest BCUT2D eigenvalue weighted by Crippen LogP contribution is -2.26. The van der Waals surface area contributed by atoms with Gasteiger partial charge in [-0.2, -0.15) is 0 Å². The fourth-order valence-corrected chi connectivity index (χ4v) is 1.84. The number of aliphatic carboxylic acids is 1. The number of rotatable bonds is 9. The van der Waals surface area contributed by atoms with Crippen molar-refractivity contribution in [3.05, 3.63) is 23.8 Å². The summed E-state index contributed by atoms with van der Waals surface area (Å²) in [7, 11) is 1.55. The van der Waals surface area contributed by atoms with Gasteiger partial charge in [-0.05, 0) is 30.7 Å². The SMILES string of the molecule is CCCC(Oc1ccc(CNCC)cc1OC)C(=O)O. The zero-order valence-electron chi connectivity index (χ0n) is 12.3. The van der Waals surface area contributed by atoms with Crippen LogP contribution in [0.5, 0.6) is 11.5 Å². The first-order valence-corrected chi connectivity index (χ1v) is 6.89. The maximum atomic E-state index is 11.1. The van der Waals surface area contributed by atoms with Crippen molar-refractivity contribution in [1.82, 2.24) is 5.32 Å². The third-order valence-electron chi connectivity index (χ3n) is 2.90. The van der Waals surface area contributed by atoms with Crippen LogP contribution >= 0.6 is 0 Å². The first kappa shape index (κ1) is 16.3. The summed E-state index contributed by atoms with van der Waals surface area (Å²) < 4.78 is 10.8. The van der Waals surface area contributed by atoms with Crippen LogP contribution < -0.4 is 14.8 Å². The maximum absolute atomic E-state index is 11.1. The smallest absolute Gasteiger partial charge is 0.344 e. The summed E-state index contributed by atoms with van der Waals surface area (Å²) in [6, 6.07) is 5.53. The van der Waals surface area contributed by atoms with Crippen LogP contribution in [0.3, 0.4) is 0 Å². The van der Waals surface area contributed by atoms with Crippen LogP contribution in [0.4, 0.5) is 0 Å². The van der Waals surface area contributed by atoms with Crippen LogP contribution in [0, 0.1) is 0 Å². The number of hydrogen-bond acceptors (Lipinski definition) is 4. The van der Waals surface area contributed by atoms with Gasteiger partial charge in [0.1, 0.15) is 0 Å². The molecule has 0 heterocycles. The van der Waals surface area contributed by atoms with E-state index in [2.05, 4.69) is 5.32 Å². The van der Waals surface area contributed by atoms with Gasteiger partial charge >= 0.3 is 5.97 Å². The van der Waals surface area contributed by atoms with Crippen LogP contribution in [-0.4, -0.2) is 30.8 Å². The molecule has 1 unspecified atom stereocenters. The van der Waals surface area contributed by atoms with Crippen LogP contribution in [-0.2, 0) is 11.3 Å². The first-order valence-electron chi connectivity index (χ1n) is 6.89. The molecule has 5 nitrogen and oxygen atoms in total. The van der Waals surface area contributed by atoms with Crippen molar-refractivity contribution in [1.29, 1.82) is 0 Å². The number of ether oxygens (including phenoxy) is 2. The molecule has 0 aliphatic rings. The number of carbonyl (C=O) groups is 1. The van der Waals surface area contributed by atoms with Gasteiger partial charge in [0.25, 0.3) is 0 Å². The van der Waals surface area contributed by atoms with Crippen molar-refractivity contribution in [2.24, 2.45) is 0 Å². The van der Waals surface area contributed by atoms with Gasteiger partial charge in [-0.15, -0.1) is 0 Å². The quantitative estimate of drug-likeness (QED) is 0.727. The van der Waals surface area contributed by atoms with E-state index in [0.29, 0.717) is 17.9 Å². The molecule has 1 aromatic rings. The Kier molecular flexibility index (Phi) is 6.87. The van der Waals surface area contributed by atoms with Crippen LogP contribution in [0.1, 0.15) is 32.3 Å². The molecule has 0 bridgehead atoms. The lowest BCUT2D eigenvalue weighted by molar-refractivity contribution is -0.145. The van der Waals surface area contributed by atoms with Crippen molar-refractivity contribution in [2.75, 3.05) is 13.7 Å². The lowest BCUT2D eigenvalue weighted by atomic mass is 10.2. The summed E-state index contributed by atoms with van der Waals surface area (Å²) in [5.74, 6) is 0.0713. The van der Waals surface area contributed by atoms with Crippen molar-refractivity contribution in [2.45, 2.75) is 39.3 Å². The second kappa shape index (κ2) is 8.43. The molecule has 5 heteroatoms. The van der Waals surface area contributed by atoms with Gasteiger partial charge in [0.05, 0.1) is 7.11 Å². The molecule has 112 valence electrons. The number of carboxylic acids is 1. The van der Waals surface area contributed by atoms with Gasteiger partial charge in [0.15, 0.2) is 17.6 Å². The molecule has 1 atom stereocenters. The third kappa shape index (κ3) is 4.74. The Balaban J connectivity index is 2.85. The summed E-state index contributed by atoms with van der Waals surface area (Å²) in [6.45, 7) is 5.59. The minimum atomic E-state index is -0.953. The minimum absolute atomic E-state index is 0.466. The fourth-order valence-electron chi connectivity index (χ4n) is 1.84. The highest BCUT2D eigenvalue weighted by molar-refractivity contribution is 5.72. The van der Waals surface area contributed by atoms with E-state index in [0.717, 1.165) is 25.1 Å². The van der Waals surface area contributed by atoms with E-state index in [1.54, 1.807) is 13.2 Å². The number of nitrogens with one attached hydrogen (secondary N) is 1. The predicted octanol–water partition coefficient (Wildman–Crippen LogP) is 2.44. The van der Waals surface area contributed by atoms with Gasteiger partial charge in [-0.25, -0.2) is 4.79 Å². The van der Waals surface area contributed by atoms with Crippen LogP contribution in [0.25, 0.3) is 0 Å². The molecule has 0 aliphatic heterocycles. The van der Waals surface area contributed by atoms with Gasteiger partial charge in [-0.1, -0.05) is 26.3 Å².